The smallest absolute Gasteiger partial charge is 0.227 e. The first-order valence-electron chi connectivity index (χ1n) is 10.1. The molecule has 0 saturated heterocycles. The first kappa shape index (κ1) is 21.6. The average Bonchev–Trinajstić information content (AvgIpc) is 2.75. The van der Waals surface area contributed by atoms with Gasteiger partial charge in [0.05, 0.1) is 32.1 Å². The van der Waals surface area contributed by atoms with E-state index in [1.807, 2.05) is 48.5 Å². The number of carbonyl (C=O) groups excluding carboxylic acids is 2. The van der Waals surface area contributed by atoms with Crippen LogP contribution >= 0.6 is 0 Å². The summed E-state index contributed by atoms with van der Waals surface area (Å²) in [7, 11) is 0. The van der Waals surface area contributed by atoms with Crippen molar-refractivity contribution in [2.24, 2.45) is 0 Å². The maximum Gasteiger partial charge on any atom is 0.227 e. The van der Waals surface area contributed by atoms with Crippen LogP contribution in [0, 0.1) is 11.8 Å². The first-order valence-corrected chi connectivity index (χ1v) is 10.1. The molecule has 0 unspecified atom stereocenters. The Balaban J connectivity index is 1.60. The van der Waals surface area contributed by atoms with Crippen LogP contribution in [0.5, 0.6) is 0 Å². The van der Waals surface area contributed by atoms with E-state index >= 15 is 0 Å². The molecule has 1 aliphatic rings. The maximum absolute atomic E-state index is 13.1. The van der Waals surface area contributed by atoms with Crippen LogP contribution in [0.2, 0.25) is 0 Å². The molecule has 0 spiro atoms. The van der Waals surface area contributed by atoms with Crippen molar-refractivity contribution in [3.05, 3.63) is 65.2 Å². The predicted molar refractivity (Wildman–Crippen MR) is 115 cm³/mol. The van der Waals surface area contributed by atoms with Crippen LogP contribution in [0.3, 0.4) is 0 Å². The van der Waals surface area contributed by atoms with Gasteiger partial charge in [0.15, 0.2) is 0 Å². The van der Waals surface area contributed by atoms with Crippen molar-refractivity contribution in [3.63, 3.8) is 0 Å². The number of fused-ring (bicyclic) bond motifs is 2. The highest BCUT2D eigenvalue weighted by molar-refractivity contribution is 5.95. The summed E-state index contributed by atoms with van der Waals surface area (Å²) >= 11 is 0. The van der Waals surface area contributed by atoms with Crippen molar-refractivity contribution in [1.82, 2.24) is 5.32 Å². The van der Waals surface area contributed by atoms with E-state index in [2.05, 4.69) is 17.2 Å². The number of amides is 2. The van der Waals surface area contributed by atoms with Gasteiger partial charge in [0, 0.05) is 30.5 Å². The van der Waals surface area contributed by atoms with Gasteiger partial charge in [-0.05, 0) is 30.2 Å². The van der Waals surface area contributed by atoms with E-state index in [0.29, 0.717) is 26.1 Å². The van der Waals surface area contributed by atoms with Crippen LogP contribution in [0.15, 0.2) is 48.5 Å². The van der Waals surface area contributed by atoms with Crippen molar-refractivity contribution in [2.45, 2.75) is 25.8 Å². The van der Waals surface area contributed by atoms with E-state index in [4.69, 9.17) is 9.84 Å². The molecule has 0 saturated carbocycles. The Labute approximate surface area is 176 Å². The molecule has 2 amide bonds. The molecule has 2 N–H and O–H groups in total. The van der Waals surface area contributed by atoms with Crippen LogP contribution in [0.4, 0.5) is 5.69 Å². The molecule has 2 aromatic carbocycles. The predicted octanol–water partition coefficient (Wildman–Crippen LogP) is 2.23. The third-order valence-electron chi connectivity index (χ3n) is 4.77. The number of aliphatic hydroxyl groups is 1. The Morgan fingerprint density at radius 2 is 1.73 bits per heavy atom. The molecule has 0 fully saturated rings. The molecule has 6 heteroatoms. The minimum Gasteiger partial charge on any atom is -0.394 e. The van der Waals surface area contributed by atoms with Gasteiger partial charge in [-0.1, -0.05) is 42.2 Å². The Kier molecular flexibility index (Phi) is 8.02. The van der Waals surface area contributed by atoms with E-state index in [-0.39, 0.29) is 37.9 Å². The fourth-order valence-corrected chi connectivity index (χ4v) is 3.26. The molecule has 0 radical (unpaired) electrons. The molecular weight excluding hydrogens is 380 g/mol. The number of nitrogens with one attached hydrogen (secondary N) is 1. The second-order valence-corrected chi connectivity index (χ2v) is 6.94. The Morgan fingerprint density at radius 1 is 1.00 bits per heavy atom. The van der Waals surface area contributed by atoms with Gasteiger partial charge < -0.3 is 20.1 Å². The zero-order valence-corrected chi connectivity index (χ0v) is 16.9. The number of nitrogens with zero attached hydrogens (tertiary/aromatic N) is 1. The number of hydrogen-bond donors (Lipinski definition) is 2. The fourth-order valence-electron chi connectivity index (χ4n) is 3.26. The number of benzene rings is 2. The number of hydrogen-bond acceptors (Lipinski definition) is 4. The zero-order valence-electron chi connectivity index (χ0n) is 16.9. The van der Waals surface area contributed by atoms with Crippen molar-refractivity contribution in [2.75, 3.05) is 31.3 Å². The Morgan fingerprint density at radius 3 is 2.57 bits per heavy atom. The molecule has 30 heavy (non-hydrogen) atoms. The lowest BCUT2D eigenvalue weighted by atomic mass is 10.0. The molecular formula is C24H26N2O4. The second-order valence-electron chi connectivity index (χ2n) is 6.94. The van der Waals surface area contributed by atoms with E-state index < -0.39 is 0 Å². The highest BCUT2D eigenvalue weighted by atomic mass is 16.5. The average molecular weight is 406 g/mol. The highest BCUT2D eigenvalue weighted by Crippen LogP contribution is 2.26. The number of aliphatic hydroxyl groups excluding tert-OH is 1. The minimum absolute atomic E-state index is 0.0277. The number of para-hydroxylation sites is 1. The third kappa shape index (κ3) is 5.93. The van der Waals surface area contributed by atoms with E-state index in [1.165, 1.54) is 0 Å². The molecule has 0 atom stereocenters. The summed E-state index contributed by atoms with van der Waals surface area (Å²) in [4.78, 5) is 26.8. The van der Waals surface area contributed by atoms with Gasteiger partial charge in [-0.15, -0.1) is 0 Å². The third-order valence-corrected chi connectivity index (χ3v) is 4.77. The molecule has 156 valence electrons. The minimum atomic E-state index is -0.111. The van der Waals surface area contributed by atoms with Crippen molar-refractivity contribution in [1.29, 1.82) is 0 Å². The summed E-state index contributed by atoms with van der Waals surface area (Å²) in [6.45, 7) is 1.42. The van der Waals surface area contributed by atoms with Crippen molar-refractivity contribution < 1.29 is 19.4 Å². The number of anilines is 1. The summed E-state index contributed by atoms with van der Waals surface area (Å²) in [6.07, 6.45) is 1.02. The molecule has 6 nitrogen and oxygen atoms in total. The van der Waals surface area contributed by atoms with E-state index in [9.17, 15) is 9.59 Å². The molecule has 1 heterocycles. The lowest BCUT2D eigenvalue weighted by Gasteiger charge is -2.26. The van der Waals surface area contributed by atoms with E-state index in [0.717, 1.165) is 22.4 Å². The lowest BCUT2D eigenvalue weighted by Crippen LogP contribution is -2.32. The fraction of sp³-hybridized carbons (Fsp3) is 0.333. The molecule has 0 aromatic heterocycles. The largest absolute Gasteiger partial charge is 0.394 e. The topological polar surface area (TPSA) is 78.9 Å². The number of rotatable bonds is 9. The highest BCUT2D eigenvalue weighted by Gasteiger charge is 2.21. The Bertz CT molecular complexity index is 945. The van der Waals surface area contributed by atoms with Crippen LogP contribution in [-0.2, 0) is 20.9 Å². The molecule has 3 rings (SSSR count). The molecule has 1 aliphatic heterocycles. The summed E-state index contributed by atoms with van der Waals surface area (Å²) in [5.41, 5.74) is 3.55. The SMILES string of the molecule is O=C(CCCC(=O)N1Cc2ccccc2C#Cc2ccccc21)NCCOCCO. The standard InChI is InChI=1S/C24H26N2O4/c27-15-17-30-16-14-25-23(28)10-5-11-24(29)26-18-21-8-2-1-6-19(21)12-13-20-7-3-4-9-22(20)26/h1-4,6-9,27H,5,10-11,14-18H2,(H,25,28). The normalized spacial score (nSPS) is 12.0. The van der Waals surface area contributed by atoms with Crippen molar-refractivity contribution in [3.8, 4) is 11.8 Å². The number of ether oxygens (including phenoxy) is 1. The van der Waals surface area contributed by atoms with Gasteiger partial charge in [0.25, 0.3) is 0 Å². The van der Waals surface area contributed by atoms with Gasteiger partial charge >= 0.3 is 0 Å². The van der Waals surface area contributed by atoms with Crippen LogP contribution < -0.4 is 10.2 Å². The molecule has 2 aromatic rings. The summed E-state index contributed by atoms with van der Waals surface area (Å²) in [5.74, 6) is 6.25. The van der Waals surface area contributed by atoms with Gasteiger partial charge in [-0.3, -0.25) is 9.59 Å². The van der Waals surface area contributed by atoms with Gasteiger partial charge in [-0.2, -0.15) is 0 Å². The van der Waals surface area contributed by atoms with Crippen LogP contribution in [0.25, 0.3) is 0 Å². The number of carbonyl (C=O) groups is 2. The van der Waals surface area contributed by atoms with Gasteiger partial charge in [-0.25, -0.2) is 0 Å². The maximum atomic E-state index is 13.1. The van der Waals surface area contributed by atoms with Gasteiger partial charge in [0.1, 0.15) is 0 Å². The quantitative estimate of drug-likeness (QED) is 0.495. The Hall–Kier alpha value is -3.14. The molecule has 0 bridgehead atoms. The second kappa shape index (κ2) is 11.1. The van der Waals surface area contributed by atoms with Crippen LogP contribution in [-0.4, -0.2) is 43.3 Å². The van der Waals surface area contributed by atoms with Crippen LogP contribution in [0.1, 0.15) is 36.0 Å². The van der Waals surface area contributed by atoms with E-state index in [1.54, 1.807) is 4.90 Å². The van der Waals surface area contributed by atoms with Crippen molar-refractivity contribution >= 4 is 17.5 Å². The first-order chi connectivity index (χ1) is 14.7. The summed E-state index contributed by atoms with van der Waals surface area (Å²) in [5, 5.41) is 11.4. The lowest BCUT2D eigenvalue weighted by molar-refractivity contribution is -0.121. The monoisotopic (exact) mass is 406 g/mol. The zero-order chi connectivity index (χ0) is 21.2. The summed E-state index contributed by atoms with van der Waals surface area (Å²) in [6, 6.07) is 15.5. The van der Waals surface area contributed by atoms with Gasteiger partial charge in [0.2, 0.25) is 11.8 Å². The summed E-state index contributed by atoms with van der Waals surface area (Å²) < 4.78 is 5.10. The molecule has 0 aliphatic carbocycles.